The Balaban J connectivity index is 1.48. The van der Waals surface area contributed by atoms with Crippen molar-refractivity contribution in [3.63, 3.8) is 0 Å². The highest BCUT2D eigenvalue weighted by molar-refractivity contribution is 5.91. The van der Waals surface area contributed by atoms with Crippen molar-refractivity contribution in [3.8, 4) is 0 Å². The predicted molar refractivity (Wildman–Crippen MR) is 97.5 cm³/mol. The zero-order chi connectivity index (χ0) is 17.6. The van der Waals surface area contributed by atoms with Gasteiger partial charge in [0, 0.05) is 31.4 Å². The highest BCUT2D eigenvalue weighted by Gasteiger charge is 2.43. The molecule has 0 spiro atoms. The predicted octanol–water partition coefficient (Wildman–Crippen LogP) is 3.17. The number of piperidine rings is 1. The quantitative estimate of drug-likeness (QED) is 0.918. The maximum atomic E-state index is 12.8. The molecule has 2 bridgehead atoms. The first-order valence-electron chi connectivity index (χ1n) is 9.45. The number of carbonyl (C=O) groups is 2. The molecule has 0 radical (unpaired) electrons. The molecule has 4 fully saturated rings. The summed E-state index contributed by atoms with van der Waals surface area (Å²) in [6.07, 6.45) is 4.43. The van der Waals surface area contributed by atoms with E-state index in [1.807, 2.05) is 36.9 Å². The van der Waals surface area contributed by atoms with Crippen LogP contribution in [0.4, 0.5) is 10.5 Å². The van der Waals surface area contributed by atoms with Gasteiger partial charge in [-0.15, -0.1) is 0 Å². The number of fused-ring (bicyclic) bond motifs is 4. The van der Waals surface area contributed by atoms with Crippen LogP contribution in [0.3, 0.4) is 0 Å². The fourth-order valence-electron chi connectivity index (χ4n) is 4.09. The molecule has 5 rings (SSSR count). The van der Waals surface area contributed by atoms with Crippen molar-refractivity contribution >= 4 is 17.6 Å². The van der Waals surface area contributed by atoms with E-state index in [1.165, 1.54) is 12.8 Å². The van der Waals surface area contributed by atoms with E-state index in [9.17, 15) is 9.59 Å². The standard InChI is InChI=1S/C20H27N3O2/c1-13-3-4-14(2)18(9-13)21-20(25)22-11-16-7-8-17(12-22)23(19(16)24)10-15-5-6-15/h3-4,9,15-17H,5-8,10-12H2,1-2H3,(H,21,25)/t16-,17+/m1/s1. The minimum Gasteiger partial charge on any atom is -0.337 e. The topological polar surface area (TPSA) is 52.7 Å². The summed E-state index contributed by atoms with van der Waals surface area (Å²) in [4.78, 5) is 29.5. The van der Waals surface area contributed by atoms with Crippen LogP contribution in [0.15, 0.2) is 18.2 Å². The lowest BCUT2D eigenvalue weighted by Gasteiger charge is -2.36. The van der Waals surface area contributed by atoms with Gasteiger partial charge in [-0.2, -0.15) is 0 Å². The van der Waals surface area contributed by atoms with Crippen LogP contribution in [0.1, 0.15) is 36.8 Å². The molecule has 0 unspecified atom stereocenters. The average Bonchev–Trinajstić information content (AvgIpc) is 3.41. The van der Waals surface area contributed by atoms with E-state index in [4.69, 9.17) is 0 Å². The van der Waals surface area contributed by atoms with Crippen LogP contribution >= 0.6 is 0 Å². The number of carbonyl (C=O) groups excluding carboxylic acids is 2. The van der Waals surface area contributed by atoms with Crippen LogP contribution in [0.5, 0.6) is 0 Å². The molecule has 1 N–H and O–H groups in total. The number of hydrogen-bond acceptors (Lipinski definition) is 2. The number of rotatable bonds is 3. The van der Waals surface area contributed by atoms with Crippen molar-refractivity contribution in [1.82, 2.24) is 9.80 Å². The van der Waals surface area contributed by atoms with Crippen molar-refractivity contribution in [2.75, 3.05) is 25.0 Å². The minimum absolute atomic E-state index is 0.0261. The zero-order valence-corrected chi connectivity index (χ0v) is 15.1. The first kappa shape index (κ1) is 16.4. The molecular formula is C20H27N3O2. The van der Waals surface area contributed by atoms with E-state index in [0.29, 0.717) is 19.0 Å². The Morgan fingerprint density at radius 2 is 1.96 bits per heavy atom. The van der Waals surface area contributed by atoms with Crippen LogP contribution in [-0.2, 0) is 4.79 Å². The van der Waals surface area contributed by atoms with E-state index >= 15 is 0 Å². The minimum atomic E-state index is -0.0772. The molecule has 1 saturated carbocycles. The van der Waals surface area contributed by atoms with E-state index in [2.05, 4.69) is 10.2 Å². The van der Waals surface area contributed by atoms with Crippen LogP contribution in [-0.4, -0.2) is 47.4 Å². The van der Waals surface area contributed by atoms with Gasteiger partial charge >= 0.3 is 6.03 Å². The number of nitrogens with zero attached hydrogens (tertiary/aromatic N) is 2. The number of urea groups is 1. The largest absolute Gasteiger partial charge is 0.337 e. The lowest BCUT2D eigenvalue weighted by atomic mass is 9.94. The van der Waals surface area contributed by atoms with E-state index in [0.717, 1.165) is 36.2 Å². The maximum absolute atomic E-state index is 12.8. The number of hydrogen-bond donors (Lipinski definition) is 1. The molecule has 5 nitrogen and oxygen atoms in total. The molecule has 3 amide bonds. The molecule has 1 aromatic rings. The monoisotopic (exact) mass is 341 g/mol. The molecule has 3 aliphatic heterocycles. The Morgan fingerprint density at radius 3 is 2.72 bits per heavy atom. The Kier molecular flexibility index (Phi) is 4.18. The molecule has 2 atom stereocenters. The van der Waals surface area contributed by atoms with Gasteiger partial charge in [-0.3, -0.25) is 4.79 Å². The normalized spacial score (nSPS) is 25.9. The maximum Gasteiger partial charge on any atom is 0.321 e. The third kappa shape index (κ3) is 3.37. The summed E-state index contributed by atoms with van der Waals surface area (Å²) in [6.45, 7) is 6.13. The second-order valence-corrected chi connectivity index (χ2v) is 8.02. The van der Waals surface area contributed by atoms with E-state index in [1.54, 1.807) is 0 Å². The van der Waals surface area contributed by atoms with Gasteiger partial charge in [0.1, 0.15) is 0 Å². The second kappa shape index (κ2) is 6.36. The second-order valence-electron chi connectivity index (χ2n) is 8.02. The van der Waals surface area contributed by atoms with Crippen LogP contribution in [0, 0.1) is 25.7 Å². The summed E-state index contributed by atoms with van der Waals surface area (Å²) in [7, 11) is 0. The molecule has 1 aromatic carbocycles. The van der Waals surface area contributed by atoms with Crippen molar-refractivity contribution in [3.05, 3.63) is 29.3 Å². The number of aryl methyl sites for hydroxylation is 2. The molecular weight excluding hydrogens is 314 g/mol. The summed E-state index contributed by atoms with van der Waals surface area (Å²) >= 11 is 0. The van der Waals surface area contributed by atoms with Gasteiger partial charge in [0.2, 0.25) is 5.91 Å². The van der Waals surface area contributed by atoms with Crippen molar-refractivity contribution in [2.24, 2.45) is 11.8 Å². The van der Waals surface area contributed by atoms with Crippen molar-refractivity contribution < 1.29 is 9.59 Å². The van der Waals surface area contributed by atoms with E-state index < -0.39 is 0 Å². The molecule has 5 heteroatoms. The lowest BCUT2D eigenvalue weighted by Crippen LogP contribution is -2.49. The molecule has 4 aliphatic rings. The molecule has 25 heavy (non-hydrogen) atoms. The molecule has 3 saturated heterocycles. The summed E-state index contributed by atoms with van der Waals surface area (Å²) in [5, 5.41) is 3.06. The SMILES string of the molecule is Cc1ccc(C)c(NC(=O)N2C[C@H]3CC[C@@H](C2)N(CC2CC2)C3=O)c1. The summed E-state index contributed by atoms with van der Waals surface area (Å²) < 4.78 is 0. The summed E-state index contributed by atoms with van der Waals surface area (Å²) in [5.41, 5.74) is 3.05. The number of amides is 3. The Labute approximate surface area is 149 Å². The van der Waals surface area contributed by atoms with Gasteiger partial charge in [-0.05, 0) is 62.6 Å². The number of nitrogens with one attached hydrogen (secondary N) is 1. The number of anilines is 1. The summed E-state index contributed by atoms with van der Waals surface area (Å²) in [6, 6.07) is 6.19. The lowest BCUT2D eigenvalue weighted by molar-refractivity contribution is -0.140. The number of benzene rings is 1. The fourth-order valence-corrected chi connectivity index (χ4v) is 4.09. The highest BCUT2D eigenvalue weighted by atomic mass is 16.2. The Hall–Kier alpha value is -2.04. The fraction of sp³-hybridized carbons (Fsp3) is 0.600. The average molecular weight is 341 g/mol. The summed E-state index contributed by atoms with van der Waals surface area (Å²) in [5.74, 6) is 0.938. The van der Waals surface area contributed by atoms with Gasteiger partial charge in [-0.1, -0.05) is 12.1 Å². The highest BCUT2D eigenvalue weighted by Crippen LogP contribution is 2.35. The first-order chi connectivity index (χ1) is 12.0. The molecule has 3 heterocycles. The van der Waals surface area contributed by atoms with Crippen molar-refractivity contribution in [1.29, 1.82) is 0 Å². The zero-order valence-electron chi connectivity index (χ0n) is 15.1. The van der Waals surface area contributed by atoms with Crippen LogP contribution < -0.4 is 5.32 Å². The third-order valence-electron chi connectivity index (χ3n) is 5.87. The van der Waals surface area contributed by atoms with Crippen molar-refractivity contribution in [2.45, 2.75) is 45.6 Å². The van der Waals surface area contributed by atoms with E-state index in [-0.39, 0.29) is 23.9 Å². The molecule has 0 aromatic heterocycles. The van der Waals surface area contributed by atoms with Crippen LogP contribution in [0.2, 0.25) is 0 Å². The third-order valence-corrected chi connectivity index (χ3v) is 5.87. The van der Waals surface area contributed by atoms with Gasteiger partial charge in [-0.25, -0.2) is 4.79 Å². The van der Waals surface area contributed by atoms with Gasteiger partial charge < -0.3 is 15.1 Å². The van der Waals surface area contributed by atoms with Gasteiger partial charge in [0.05, 0.1) is 5.92 Å². The van der Waals surface area contributed by atoms with Gasteiger partial charge in [0.25, 0.3) is 0 Å². The molecule has 1 aliphatic carbocycles. The Morgan fingerprint density at radius 1 is 1.16 bits per heavy atom. The smallest absolute Gasteiger partial charge is 0.321 e. The van der Waals surface area contributed by atoms with Crippen LogP contribution in [0.25, 0.3) is 0 Å². The Bertz CT molecular complexity index is 698. The first-order valence-corrected chi connectivity index (χ1v) is 9.45. The molecule has 134 valence electrons. The van der Waals surface area contributed by atoms with Gasteiger partial charge in [0.15, 0.2) is 0 Å².